The van der Waals surface area contributed by atoms with Gasteiger partial charge in [0.1, 0.15) is 0 Å². The average molecular weight is 474 g/mol. The van der Waals surface area contributed by atoms with Crippen LogP contribution in [0, 0.1) is 13.8 Å². The number of amides is 1. The molecular weight excluding hydrogens is 459 g/mol. The van der Waals surface area contributed by atoms with Crippen LogP contribution in [0.5, 0.6) is 0 Å². The van der Waals surface area contributed by atoms with Gasteiger partial charge in [0.15, 0.2) is 4.34 Å². The number of carbonyl (C=O) groups excluding carboxylic acids is 1. The van der Waals surface area contributed by atoms with Crippen molar-refractivity contribution in [2.45, 2.75) is 18.2 Å². The van der Waals surface area contributed by atoms with Crippen LogP contribution in [0.3, 0.4) is 0 Å². The molecule has 3 aromatic rings. The molecule has 1 amide bonds. The maximum Gasteiger partial charge on any atom is 0.234 e. The van der Waals surface area contributed by atoms with Crippen molar-refractivity contribution >= 4 is 80.3 Å². The molecule has 0 saturated carbocycles. The standard InChI is InChI=1S/C18H15Cl3N4OS2/c1-9-3-4-11(5-10(9)2)22-17-24-25-18(28-17)27-8-16(26)23-15-7-13(20)12(19)6-14(15)21/h3-7H,8H2,1-2H3,(H,22,24)(H,23,26). The van der Waals surface area contributed by atoms with Gasteiger partial charge in [-0.15, -0.1) is 10.2 Å². The Bertz CT molecular complexity index is 1030. The van der Waals surface area contributed by atoms with Crippen LogP contribution in [0.2, 0.25) is 15.1 Å². The number of nitrogens with zero attached hydrogens (tertiary/aromatic N) is 2. The fraction of sp³-hybridized carbons (Fsp3) is 0.167. The van der Waals surface area contributed by atoms with E-state index in [-0.39, 0.29) is 11.7 Å². The Hall–Kier alpha value is -1.51. The number of rotatable bonds is 6. The number of aryl methyl sites for hydroxylation is 2. The quantitative estimate of drug-likeness (QED) is 0.312. The highest BCUT2D eigenvalue weighted by atomic mass is 35.5. The first-order valence-corrected chi connectivity index (χ1v) is 11.0. The molecule has 1 heterocycles. The number of halogens is 3. The first-order chi connectivity index (χ1) is 13.3. The second-order valence-electron chi connectivity index (χ2n) is 5.88. The van der Waals surface area contributed by atoms with Crippen molar-refractivity contribution in [1.29, 1.82) is 0 Å². The summed E-state index contributed by atoms with van der Waals surface area (Å²) in [6, 6.07) is 9.10. The van der Waals surface area contributed by atoms with Crippen LogP contribution in [-0.2, 0) is 4.79 Å². The van der Waals surface area contributed by atoms with Gasteiger partial charge < -0.3 is 10.6 Å². The van der Waals surface area contributed by atoms with Crippen LogP contribution in [-0.4, -0.2) is 21.9 Å². The highest BCUT2D eigenvalue weighted by molar-refractivity contribution is 8.01. The molecule has 1 aromatic heterocycles. The Balaban J connectivity index is 1.56. The lowest BCUT2D eigenvalue weighted by Crippen LogP contribution is -2.14. The Morgan fingerprint density at radius 2 is 1.79 bits per heavy atom. The Labute approximate surface area is 185 Å². The zero-order valence-corrected chi connectivity index (χ0v) is 18.7. The summed E-state index contributed by atoms with van der Waals surface area (Å²) in [6.45, 7) is 4.12. The third-order valence-corrected chi connectivity index (χ3v) is 6.78. The minimum absolute atomic E-state index is 0.162. The van der Waals surface area contributed by atoms with E-state index in [1.54, 1.807) is 0 Å². The predicted molar refractivity (Wildman–Crippen MR) is 120 cm³/mol. The van der Waals surface area contributed by atoms with E-state index in [0.29, 0.717) is 30.2 Å². The molecule has 146 valence electrons. The second kappa shape index (κ2) is 9.33. The molecule has 0 radical (unpaired) electrons. The van der Waals surface area contributed by atoms with Crippen molar-refractivity contribution in [2.24, 2.45) is 0 Å². The summed E-state index contributed by atoms with van der Waals surface area (Å²) in [7, 11) is 0. The Kier molecular flexibility index (Phi) is 7.06. The van der Waals surface area contributed by atoms with E-state index in [9.17, 15) is 4.79 Å². The second-order valence-corrected chi connectivity index (χ2v) is 9.30. The number of nitrogens with one attached hydrogen (secondary N) is 2. The lowest BCUT2D eigenvalue weighted by atomic mass is 10.1. The summed E-state index contributed by atoms with van der Waals surface area (Å²) in [4.78, 5) is 12.2. The number of aromatic nitrogens is 2. The summed E-state index contributed by atoms with van der Waals surface area (Å²) in [5.41, 5.74) is 3.78. The smallest absolute Gasteiger partial charge is 0.234 e. The number of thioether (sulfide) groups is 1. The molecule has 0 aliphatic carbocycles. The molecule has 3 rings (SSSR count). The van der Waals surface area contributed by atoms with Crippen molar-refractivity contribution < 1.29 is 4.79 Å². The van der Waals surface area contributed by atoms with Gasteiger partial charge in [0.25, 0.3) is 0 Å². The third kappa shape index (κ3) is 5.52. The van der Waals surface area contributed by atoms with E-state index in [0.717, 1.165) is 5.69 Å². The molecule has 0 saturated heterocycles. The van der Waals surface area contributed by atoms with Crippen LogP contribution in [0.4, 0.5) is 16.5 Å². The minimum atomic E-state index is -0.232. The molecule has 0 bridgehead atoms. The molecule has 0 unspecified atom stereocenters. The fourth-order valence-corrected chi connectivity index (χ4v) is 4.36. The fourth-order valence-electron chi connectivity index (χ4n) is 2.19. The van der Waals surface area contributed by atoms with Gasteiger partial charge in [0.05, 0.1) is 26.5 Å². The molecule has 28 heavy (non-hydrogen) atoms. The SMILES string of the molecule is Cc1ccc(Nc2nnc(SCC(=O)Nc3cc(Cl)c(Cl)cc3Cl)s2)cc1C. The molecule has 2 aromatic carbocycles. The first-order valence-electron chi connectivity index (χ1n) is 8.07. The van der Waals surface area contributed by atoms with Crippen molar-refractivity contribution in [3.8, 4) is 0 Å². The van der Waals surface area contributed by atoms with Crippen molar-refractivity contribution in [3.05, 3.63) is 56.5 Å². The monoisotopic (exact) mass is 472 g/mol. The summed E-state index contributed by atoms with van der Waals surface area (Å²) in [5, 5.41) is 15.8. The Morgan fingerprint density at radius 1 is 1.04 bits per heavy atom. The van der Waals surface area contributed by atoms with E-state index >= 15 is 0 Å². The number of hydrogen-bond donors (Lipinski definition) is 2. The molecule has 5 nitrogen and oxygen atoms in total. The molecule has 0 fully saturated rings. The predicted octanol–water partition coefficient (Wildman–Crippen LogP) is 6.59. The van der Waals surface area contributed by atoms with Gasteiger partial charge in [-0.25, -0.2) is 0 Å². The van der Waals surface area contributed by atoms with Crippen LogP contribution >= 0.6 is 57.9 Å². The van der Waals surface area contributed by atoms with Gasteiger partial charge in [-0.2, -0.15) is 0 Å². The maximum absolute atomic E-state index is 12.2. The van der Waals surface area contributed by atoms with E-state index in [2.05, 4.69) is 40.7 Å². The van der Waals surface area contributed by atoms with E-state index in [4.69, 9.17) is 34.8 Å². The lowest BCUT2D eigenvalue weighted by Gasteiger charge is -2.08. The molecule has 10 heteroatoms. The van der Waals surface area contributed by atoms with Crippen molar-refractivity contribution in [3.63, 3.8) is 0 Å². The zero-order chi connectivity index (χ0) is 20.3. The number of carbonyl (C=O) groups is 1. The highest BCUT2D eigenvalue weighted by Gasteiger charge is 2.12. The van der Waals surface area contributed by atoms with E-state index in [1.807, 2.05) is 12.1 Å². The van der Waals surface area contributed by atoms with Gasteiger partial charge in [-0.3, -0.25) is 4.79 Å². The molecule has 0 spiro atoms. The van der Waals surface area contributed by atoms with E-state index < -0.39 is 0 Å². The summed E-state index contributed by atoms with van der Waals surface area (Å²) in [6.07, 6.45) is 0. The van der Waals surface area contributed by atoms with Crippen LogP contribution in [0.25, 0.3) is 0 Å². The van der Waals surface area contributed by atoms with Gasteiger partial charge >= 0.3 is 0 Å². The largest absolute Gasteiger partial charge is 0.330 e. The maximum atomic E-state index is 12.2. The van der Waals surface area contributed by atoms with Gasteiger partial charge in [-0.05, 0) is 49.2 Å². The number of anilines is 3. The topological polar surface area (TPSA) is 66.9 Å². The number of hydrogen-bond acceptors (Lipinski definition) is 6. The minimum Gasteiger partial charge on any atom is -0.330 e. The molecule has 0 aliphatic rings. The normalized spacial score (nSPS) is 10.8. The van der Waals surface area contributed by atoms with Gasteiger partial charge in [0.2, 0.25) is 11.0 Å². The highest BCUT2D eigenvalue weighted by Crippen LogP contribution is 2.33. The first kappa shape index (κ1) is 21.2. The summed E-state index contributed by atoms with van der Waals surface area (Å²) >= 11 is 20.6. The zero-order valence-electron chi connectivity index (χ0n) is 14.8. The van der Waals surface area contributed by atoms with Crippen LogP contribution in [0.1, 0.15) is 11.1 Å². The summed E-state index contributed by atoms with van der Waals surface area (Å²) < 4.78 is 0.682. The molecule has 2 N–H and O–H groups in total. The third-order valence-electron chi connectivity index (χ3n) is 3.78. The lowest BCUT2D eigenvalue weighted by molar-refractivity contribution is -0.113. The van der Waals surface area contributed by atoms with E-state index in [1.165, 1.54) is 46.4 Å². The average Bonchev–Trinajstić information content (AvgIpc) is 3.08. The molecule has 0 aliphatic heterocycles. The van der Waals surface area contributed by atoms with Crippen LogP contribution in [0.15, 0.2) is 34.7 Å². The Morgan fingerprint density at radius 3 is 2.54 bits per heavy atom. The number of benzene rings is 2. The van der Waals surface area contributed by atoms with Gasteiger partial charge in [-0.1, -0.05) is 64.0 Å². The molecule has 0 atom stereocenters. The van der Waals surface area contributed by atoms with Crippen LogP contribution < -0.4 is 10.6 Å². The molecular formula is C18H15Cl3N4OS2. The van der Waals surface area contributed by atoms with Crippen molar-refractivity contribution in [1.82, 2.24) is 10.2 Å². The summed E-state index contributed by atoms with van der Waals surface area (Å²) in [5.74, 6) is -0.0707. The van der Waals surface area contributed by atoms with Gasteiger partial charge in [0, 0.05) is 5.69 Å². The van der Waals surface area contributed by atoms with Crippen molar-refractivity contribution in [2.75, 3.05) is 16.4 Å².